The van der Waals surface area contributed by atoms with Crippen molar-refractivity contribution in [3.05, 3.63) is 12.2 Å². The second-order valence-corrected chi connectivity index (χ2v) is 7.44. The number of aliphatic hydroxyl groups is 2. The summed E-state index contributed by atoms with van der Waals surface area (Å²) in [5.74, 6) is 5.06. The highest BCUT2D eigenvalue weighted by atomic mass is 16.5. The molecule has 0 heterocycles. The minimum absolute atomic E-state index is 0.00786. The molecule has 0 radical (unpaired) electrons. The Balaban J connectivity index is 2.72. The van der Waals surface area contributed by atoms with Gasteiger partial charge < -0.3 is 14.9 Å². The van der Waals surface area contributed by atoms with Crippen molar-refractivity contribution in [1.82, 2.24) is 0 Å². The fraction of sp³-hybridized carbons (Fsp3) is 0.714. The van der Waals surface area contributed by atoms with Crippen LogP contribution in [-0.4, -0.2) is 41.3 Å². The zero-order valence-corrected chi connectivity index (χ0v) is 16.3. The third kappa shape index (κ3) is 5.96. The topological polar surface area (TPSA) is 83.8 Å². The molecule has 0 saturated heterocycles. The number of ether oxygens (including phenoxy) is 1. The largest absolute Gasteiger partial charge is 0.469 e. The first-order chi connectivity index (χ1) is 12.3. The maximum Gasteiger partial charge on any atom is 0.305 e. The van der Waals surface area contributed by atoms with E-state index >= 15 is 0 Å². The van der Waals surface area contributed by atoms with Crippen molar-refractivity contribution in [2.45, 2.75) is 71.5 Å². The van der Waals surface area contributed by atoms with Crippen LogP contribution >= 0.6 is 0 Å². The van der Waals surface area contributed by atoms with E-state index in [4.69, 9.17) is 0 Å². The van der Waals surface area contributed by atoms with Crippen molar-refractivity contribution < 1.29 is 24.5 Å². The SMILES string of the molecule is CCC[C@H](O)C=C[C@@H]1[C@@H](CC#CCCCC(=O)OC)C(=O)C(C)(C)[C@H]1O. The molecule has 1 saturated carbocycles. The number of carbonyl (C=O) groups is 2. The normalized spacial score (nSPS) is 25.8. The van der Waals surface area contributed by atoms with Crippen molar-refractivity contribution in [2.24, 2.45) is 17.3 Å². The molecule has 2 N–H and O–H groups in total. The molecule has 1 aliphatic carbocycles. The zero-order chi connectivity index (χ0) is 19.7. The molecule has 5 nitrogen and oxygen atoms in total. The zero-order valence-electron chi connectivity index (χ0n) is 16.3. The highest BCUT2D eigenvalue weighted by Gasteiger charge is 2.52. The van der Waals surface area contributed by atoms with Crippen LogP contribution in [0.1, 0.15) is 59.3 Å². The lowest BCUT2D eigenvalue weighted by molar-refractivity contribution is -0.140. The van der Waals surface area contributed by atoms with Gasteiger partial charge in [-0.05, 0) is 12.8 Å². The molecule has 0 bridgehead atoms. The Hall–Kier alpha value is -1.64. The van der Waals surface area contributed by atoms with E-state index < -0.39 is 17.6 Å². The Morgan fingerprint density at radius 2 is 2.08 bits per heavy atom. The molecular weight excluding hydrogens is 332 g/mol. The van der Waals surface area contributed by atoms with Gasteiger partial charge in [-0.15, -0.1) is 11.8 Å². The molecule has 5 heteroatoms. The summed E-state index contributed by atoms with van der Waals surface area (Å²) in [7, 11) is 1.36. The number of unbranched alkanes of at least 4 members (excludes halogenated alkanes) is 1. The fourth-order valence-electron chi connectivity index (χ4n) is 3.31. The Morgan fingerprint density at radius 1 is 1.38 bits per heavy atom. The van der Waals surface area contributed by atoms with Gasteiger partial charge in [-0.2, -0.15) is 0 Å². The first-order valence-corrected chi connectivity index (χ1v) is 9.37. The van der Waals surface area contributed by atoms with E-state index in [0.717, 1.165) is 6.42 Å². The molecule has 1 rings (SSSR count). The highest BCUT2D eigenvalue weighted by Crippen LogP contribution is 2.44. The number of methoxy groups -OCH3 is 1. The third-order valence-corrected chi connectivity index (χ3v) is 5.04. The maximum absolute atomic E-state index is 12.7. The van der Waals surface area contributed by atoms with E-state index in [1.807, 2.05) is 6.92 Å². The lowest BCUT2D eigenvalue weighted by Crippen LogP contribution is -2.31. The van der Waals surface area contributed by atoms with Gasteiger partial charge in [0, 0.05) is 31.1 Å². The molecule has 26 heavy (non-hydrogen) atoms. The van der Waals surface area contributed by atoms with Gasteiger partial charge in [0.1, 0.15) is 5.78 Å². The third-order valence-electron chi connectivity index (χ3n) is 5.04. The van der Waals surface area contributed by atoms with Gasteiger partial charge in [-0.25, -0.2) is 0 Å². The number of hydrogen-bond donors (Lipinski definition) is 2. The summed E-state index contributed by atoms with van der Waals surface area (Å²) < 4.78 is 4.58. The number of hydrogen-bond acceptors (Lipinski definition) is 5. The second kappa shape index (κ2) is 10.5. The number of esters is 1. The number of rotatable bonds is 8. The molecule has 0 amide bonds. The summed E-state index contributed by atoms with van der Waals surface area (Å²) in [5, 5.41) is 20.5. The summed E-state index contributed by atoms with van der Waals surface area (Å²) in [6, 6.07) is 0. The molecule has 0 aromatic heterocycles. The Kier molecular flexibility index (Phi) is 9.04. The Labute approximate surface area is 156 Å². The van der Waals surface area contributed by atoms with E-state index in [-0.39, 0.29) is 23.6 Å². The van der Waals surface area contributed by atoms with Crippen LogP contribution < -0.4 is 0 Å². The summed E-state index contributed by atoms with van der Waals surface area (Å²) >= 11 is 0. The molecule has 146 valence electrons. The smallest absolute Gasteiger partial charge is 0.305 e. The Bertz CT molecular complexity index is 567. The van der Waals surface area contributed by atoms with Gasteiger partial charge in [-0.1, -0.05) is 39.3 Å². The van der Waals surface area contributed by atoms with Crippen LogP contribution in [0.4, 0.5) is 0 Å². The van der Waals surface area contributed by atoms with Crippen LogP contribution in [0, 0.1) is 29.1 Å². The molecular formula is C21H32O5. The standard InChI is InChI=1S/C21H32O5/c1-5-10-15(22)13-14-17-16(19(24)21(2,3)20(17)25)11-8-6-7-9-12-18(23)26-4/h13-17,20,22,25H,5,7,9-12H2,1-4H3/t15-,16+,17+,20-/m0/s1. The average Bonchev–Trinajstić information content (AvgIpc) is 2.76. The maximum atomic E-state index is 12.7. The average molecular weight is 364 g/mol. The van der Waals surface area contributed by atoms with E-state index in [0.29, 0.717) is 32.1 Å². The first-order valence-electron chi connectivity index (χ1n) is 9.37. The summed E-state index contributed by atoms with van der Waals surface area (Å²) in [6.45, 7) is 5.51. The van der Waals surface area contributed by atoms with Gasteiger partial charge in [0.25, 0.3) is 0 Å². The van der Waals surface area contributed by atoms with Crippen LogP contribution in [0.25, 0.3) is 0 Å². The second-order valence-electron chi connectivity index (χ2n) is 7.44. The van der Waals surface area contributed by atoms with Gasteiger partial charge in [0.2, 0.25) is 0 Å². The minimum atomic E-state index is -0.818. The van der Waals surface area contributed by atoms with Crippen molar-refractivity contribution in [3.8, 4) is 11.8 Å². The summed E-state index contributed by atoms with van der Waals surface area (Å²) in [5.41, 5.74) is -0.818. The molecule has 0 unspecified atom stereocenters. The molecule has 1 aliphatic rings. The van der Waals surface area contributed by atoms with Gasteiger partial charge in [-0.3, -0.25) is 9.59 Å². The van der Waals surface area contributed by atoms with Crippen LogP contribution in [0.15, 0.2) is 12.2 Å². The van der Waals surface area contributed by atoms with E-state index in [1.54, 1.807) is 26.0 Å². The van der Waals surface area contributed by atoms with Crippen LogP contribution in [-0.2, 0) is 14.3 Å². The number of carbonyl (C=O) groups excluding carboxylic acids is 2. The minimum Gasteiger partial charge on any atom is -0.469 e. The quantitative estimate of drug-likeness (QED) is 0.299. The molecule has 0 aromatic carbocycles. The molecule has 0 aromatic rings. The van der Waals surface area contributed by atoms with Gasteiger partial charge in [0.15, 0.2) is 0 Å². The number of ketones is 1. The lowest BCUT2D eigenvalue weighted by atomic mass is 9.86. The lowest BCUT2D eigenvalue weighted by Gasteiger charge is -2.22. The van der Waals surface area contributed by atoms with Gasteiger partial charge >= 0.3 is 5.97 Å². The van der Waals surface area contributed by atoms with Crippen LogP contribution in [0.3, 0.4) is 0 Å². The molecule has 1 fully saturated rings. The van der Waals surface area contributed by atoms with Crippen molar-refractivity contribution in [1.29, 1.82) is 0 Å². The van der Waals surface area contributed by atoms with Crippen molar-refractivity contribution in [3.63, 3.8) is 0 Å². The van der Waals surface area contributed by atoms with Crippen molar-refractivity contribution >= 4 is 11.8 Å². The molecule has 4 atom stereocenters. The number of Topliss-reactive ketones (excluding diaryl/α,β-unsaturated/α-hetero) is 1. The Morgan fingerprint density at radius 3 is 2.69 bits per heavy atom. The summed E-state index contributed by atoms with van der Waals surface area (Å²) in [6.07, 6.45) is 5.53. The molecule has 0 aliphatic heterocycles. The van der Waals surface area contributed by atoms with E-state index in [2.05, 4.69) is 16.6 Å². The van der Waals surface area contributed by atoms with E-state index in [1.165, 1.54) is 7.11 Å². The van der Waals surface area contributed by atoms with Gasteiger partial charge in [0.05, 0.1) is 24.7 Å². The van der Waals surface area contributed by atoms with Crippen LogP contribution in [0.5, 0.6) is 0 Å². The van der Waals surface area contributed by atoms with E-state index in [9.17, 15) is 19.8 Å². The predicted molar refractivity (Wildman–Crippen MR) is 100 cm³/mol. The first kappa shape index (κ1) is 22.4. The fourth-order valence-corrected chi connectivity index (χ4v) is 3.31. The van der Waals surface area contributed by atoms with Crippen LogP contribution in [0.2, 0.25) is 0 Å². The summed E-state index contributed by atoms with van der Waals surface area (Å²) in [4.78, 5) is 23.7. The monoisotopic (exact) mass is 364 g/mol. The predicted octanol–water partition coefficient (Wildman–Crippen LogP) is 2.64. The molecule has 0 spiro atoms. The van der Waals surface area contributed by atoms with Crippen molar-refractivity contribution in [2.75, 3.05) is 7.11 Å². The number of aliphatic hydroxyl groups excluding tert-OH is 2. The highest BCUT2D eigenvalue weighted by molar-refractivity contribution is 5.90.